The topological polar surface area (TPSA) is 51.0 Å². The zero-order valence-electron chi connectivity index (χ0n) is 13.8. The Morgan fingerprint density at radius 3 is 2.83 bits per heavy atom. The van der Waals surface area contributed by atoms with Gasteiger partial charge in [0.2, 0.25) is 5.91 Å². The minimum Gasteiger partial charge on any atom is -0.334 e. The predicted molar refractivity (Wildman–Crippen MR) is 91.0 cm³/mol. The highest BCUT2D eigenvalue weighted by Crippen LogP contribution is 2.28. The predicted octanol–water partition coefficient (Wildman–Crippen LogP) is 3.26. The molecule has 1 fully saturated rings. The Morgan fingerprint density at radius 2 is 2.22 bits per heavy atom. The Morgan fingerprint density at radius 1 is 1.43 bits per heavy atom. The minimum atomic E-state index is -0.0849. The maximum Gasteiger partial charge on any atom is 0.227 e. The summed E-state index contributed by atoms with van der Waals surface area (Å²) in [7, 11) is 0. The van der Waals surface area contributed by atoms with Crippen molar-refractivity contribution in [3.63, 3.8) is 0 Å². The van der Waals surface area contributed by atoms with Gasteiger partial charge in [0.05, 0.1) is 19.0 Å². The number of aryl methyl sites for hydroxylation is 1. The fourth-order valence-corrected chi connectivity index (χ4v) is 4.20. The van der Waals surface area contributed by atoms with Gasteiger partial charge in [-0.3, -0.25) is 9.48 Å². The summed E-state index contributed by atoms with van der Waals surface area (Å²) in [5, 5.41) is 4.12. The molecule has 23 heavy (non-hydrogen) atoms. The normalized spacial score (nSPS) is 16.6. The van der Waals surface area contributed by atoms with E-state index in [0.29, 0.717) is 12.6 Å². The van der Waals surface area contributed by atoms with Crippen molar-refractivity contribution in [2.24, 2.45) is 5.92 Å². The highest BCUT2D eigenvalue weighted by molar-refractivity contribution is 7.11. The molecule has 1 atom stereocenters. The molecule has 0 aromatic carbocycles. The van der Waals surface area contributed by atoms with E-state index in [9.17, 15) is 4.79 Å². The summed E-state index contributed by atoms with van der Waals surface area (Å²) < 4.78 is 1.74. The van der Waals surface area contributed by atoms with E-state index >= 15 is 0 Å². The van der Waals surface area contributed by atoms with Gasteiger partial charge in [0.25, 0.3) is 0 Å². The van der Waals surface area contributed by atoms with Crippen LogP contribution in [0.2, 0.25) is 0 Å². The molecular formula is C17H24N4OS. The van der Waals surface area contributed by atoms with Crippen molar-refractivity contribution in [1.82, 2.24) is 19.7 Å². The Labute approximate surface area is 141 Å². The van der Waals surface area contributed by atoms with Gasteiger partial charge in [-0.25, -0.2) is 4.98 Å². The summed E-state index contributed by atoms with van der Waals surface area (Å²) in [6, 6.07) is 4.68. The number of aromatic nitrogens is 3. The van der Waals surface area contributed by atoms with Crippen LogP contribution in [0.1, 0.15) is 42.4 Å². The average molecular weight is 332 g/mol. The second kappa shape index (κ2) is 7.25. The smallest absolute Gasteiger partial charge is 0.227 e. The molecular weight excluding hydrogens is 308 g/mol. The fraction of sp³-hybridized carbons (Fsp3) is 0.588. The van der Waals surface area contributed by atoms with Crippen molar-refractivity contribution < 1.29 is 4.79 Å². The standard InChI is InChI=1S/C17H24N4OS/c1-13(9-20-12-18-11-19-20)17(22)21(15-5-3-4-6-15)10-16-8-7-14(2)23-16/h7-8,11-13,15H,3-6,9-10H2,1-2H3/t13-/m0/s1. The molecule has 0 spiro atoms. The number of carbonyl (C=O) groups is 1. The molecule has 0 bridgehead atoms. The summed E-state index contributed by atoms with van der Waals surface area (Å²) >= 11 is 1.79. The minimum absolute atomic E-state index is 0.0849. The van der Waals surface area contributed by atoms with Crippen molar-refractivity contribution in [1.29, 1.82) is 0 Å². The largest absolute Gasteiger partial charge is 0.334 e. The lowest BCUT2D eigenvalue weighted by Crippen LogP contribution is -2.42. The van der Waals surface area contributed by atoms with Gasteiger partial charge in [-0.2, -0.15) is 5.10 Å². The van der Waals surface area contributed by atoms with Gasteiger partial charge in [-0.1, -0.05) is 19.8 Å². The highest BCUT2D eigenvalue weighted by Gasteiger charge is 2.30. The maximum atomic E-state index is 13.0. The van der Waals surface area contributed by atoms with Crippen molar-refractivity contribution in [3.8, 4) is 0 Å². The number of hydrogen-bond acceptors (Lipinski definition) is 4. The summed E-state index contributed by atoms with van der Waals surface area (Å²) in [6.45, 7) is 5.43. The highest BCUT2D eigenvalue weighted by atomic mass is 32.1. The number of nitrogens with zero attached hydrogens (tertiary/aromatic N) is 4. The van der Waals surface area contributed by atoms with Crippen LogP contribution in [0.5, 0.6) is 0 Å². The van der Waals surface area contributed by atoms with Crippen LogP contribution in [0.15, 0.2) is 24.8 Å². The van der Waals surface area contributed by atoms with Crippen LogP contribution in [0, 0.1) is 12.8 Å². The van der Waals surface area contributed by atoms with E-state index in [2.05, 4.69) is 34.0 Å². The summed E-state index contributed by atoms with van der Waals surface area (Å²) in [5.74, 6) is 0.150. The second-order valence-electron chi connectivity index (χ2n) is 6.44. The van der Waals surface area contributed by atoms with Crippen LogP contribution in [0.3, 0.4) is 0 Å². The van der Waals surface area contributed by atoms with Gasteiger partial charge in [0, 0.05) is 15.8 Å². The molecule has 5 nitrogen and oxygen atoms in total. The zero-order valence-corrected chi connectivity index (χ0v) is 14.6. The van der Waals surface area contributed by atoms with Crippen molar-refractivity contribution in [2.75, 3.05) is 0 Å². The quantitative estimate of drug-likeness (QED) is 0.816. The first-order valence-corrected chi connectivity index (χ1v) is 9.13. The fourth-order valence-electron chi connectivity index (χ4n) is 3.31. The van der Waals surface area contributed by atoms with Crippen LogP contribution in [-0.2, 0) is 17.9 Å². The van der Waals surface area contributed by atoms with E-state index in [1.165, 1.54) is 28.9 Å². The van der Waals surface area contributed by atoms with E-state index in [1.54, 1.807) is 22.3 Å². The van der Waals surface area contributed by atoms with E-state index in [1.807, 2.05) is 6.92 Å². The van der Waals surface area contributed by atoms with Gasteiger partial charge < -0.3 is 4.90 Å². The van der Waals surface area contributed by atoms with E-state index in [-0.39, 0.29) is 11.8 Å². The first-order valence-electron chi connectivity index (χ1n) is 8.31. The molecule has 0 aliphatic heterocycles. The monoisotopic (exact) mass is 332 g/mol. The molecule has 6 heteroatoms. The number of hydrogen-bond donors (Lipinski definition) is 0. The lowest BCUT2D eigenvalue weighted by molar-refractivity contribution is -0.138. The third kappa shape index (κ3) is 3.99. The lowest BCUT2D eigenvalue weighted by atomic mass is 10.1. The third-order valence-corrected chi connectivity index (χ3v) is 5.51. The molecule has 124 valence electrons. The number of rotatable bonds is 6. The molecule has 2 aromatic rings. The zero-order chi connectivity index (χ0) is 16.2. The maximum absolute atomic E-state index is 13.0. The van der Waals surface area contributed by atoms with Crippen molar-refractivity contribution in [3.05, 3.63) is 34.5 Å². The molecule has 3 rings (SSSR count). The van der Waals surface area contributed by atoms with Crippen LogP contribution in [0.4, 0.5) is 0 Å². The van der Waals surface area contributed by atoms with Gasteiger partial charge >= 0.3 is 0 Å². The number of thiophene rings is 1. The summed E-state index contributed by atoms with van der Waals surface area (Å²) in [4.78, 5) is 21.7. The molecule has 0 radical (unpaired) electrons. The first kappa shape index (κ1) is 16.2. The van der Waals surface area contributed by atoms with Gasteiger partial charge in [0.15, 0.2) is 0 Å². The first-order chi connectivity index (χ1) is 11.1. The molecule has 0 unspecified atom stereocenters. The Balaban J connectivity index is 1.72. The average Bonchev–Trinajstić information content (AvgIpc) is 3.26. The number of amides is 1. The lowest BCUT2D eigenvalue weighted by Gasteiger charge is -2.31. The molecule has 0 saturated heterocycles. The van der Waals surface area contributed by atoms with Crippen LogP contribution in [-0.4, -0.2) is 31.6 Å². The van der Waals surface area contributed by atoms with Crippen LogP contribution < -0.4 is 0 Å². The van der Waals surface area contributed by atoms with Crippen molar-refractivity contribution >= 4 is 17.2 Å². The SMILES string of the molecule is Cc1ccc(CN(C(=O)[C@@H](C)Cn2cncn2)C2CCCC2)s1. The number of carbonyl (C=O) groups excluding carboxylic acids is 1. The summed E-state index contributed by atoms with van der Waals surface area (Å²) in [5.41, 5.74) is 0. The van der Waals surface area contributed by atoms with Gasteiger partial charge in [0.1, 0.15) is 12.7 Å². The molecule has 1 aliphatic carbocycles. The van der Waals surface area contributed by atoms with Crippen molar-refractivity contribution in [2.45, 2.75) is 58.7 Å². The molecule has 2 heterocycles. The van der Waals surface area contributed by atoms with Gasteiger partial charge in [-0.15, -0.1) is 11.3 Å². The third-order valence-electron chi connectivity index (χ3n) is 4.52. The Kier molecular flexibility index (Phi) is 5.10. The van der Waals surface area contributed by atoms with E-state index < -0.39 is 0 Å². The summed E-state index contributed by atoms with van der Waals surface area (Å²) in [6.07, 6.45) is 7.91. The Hall–Kier alpha value is -1.69. The molecule has 1 saturated carbocycles. The molecule has 1 amide bonds. The molecule has 0 N–H and O–H groups in total. The Bertz CT molecular complexity index is 631. The molecule has 2 aromatic heterocycles. The molecule has 1 aliphatic rings. The van der Waals surface area contributed by atoms with E-state index in [4.69, 9.17) is 0 Å². The second-order valence-corrected chi connectivity index (χ2v) is 7.81. The van der Waals surface area contributed by atoms with E-state index in [0.717, 1.165) is 19.4 Å². The van der Waals surface area contributed by atoms with Crippen LogP contribution >= 0.6 is 11.3 Å². The van der Waals surface area contributed by atoms with Crippen LogP contribution in [0.25, 0.3) is 0 Å². The van der Waals surface area contributed by atoms with Gasteiger partial charge in [-0.05, 0) is 31.9 Å².